The van der Waals surface area contributed by atoms with Gasteiger partial charge in [-0.25, -0.2) is 4.39 Å². The van der Waals surface area contributed by atoms with Gasteiger partial charge >= 0.3 is 5.97 Å². The Balaban J connectivity index is 1.51. The summed E-state index contributed by atoms with van der Waals surface area (Å²) in [5.41, 5.74) is 4.12. The minimum Gasteiger partial charge on any atom is -0.488 e. The molecule has 0 radical (unpaired) electrons. The topological polar surface area (TPSA) is 84.8 Å². The zero-order chi connectivity index (χ0) is 25.7. The average Bonchev–Trinajstić information content (AvgIpc) is 2.84. The molecular weight excluding hydrogens is 461 g/mol. The van der Waals surface area contributed by atoms with Crippen molar-refractivity contribution in [3.8, 4) is 22.8 Å². The number of hydrogen-bond acceptors (Lipinski definition) is 6. The second kappa shape index (κ2) is 10.9. The van der Waals surface area contributed by atoms with Gasteiger partial charge in [-0.15, -0.1) is 0 Å². The number of halogens is 1. The number of hydrogen-bond donors (Lipinski definition) is 1. The molecular formula is C28H32FN3O4. The first-order chi connectivity index (χ1) is 17.2. The monoisotopic (exact) mass is 493 g/mol. The third kappa shape index (κ3) is 6.11. The summed E-state index contributed by atoms with van der Waals surface area (Å²) >= 11 is 0. The molecule has 2 aromatic heterocycles. The summed E-state index contributed by atoms with van der Waals surface area (Å²) in [6, 6.07) is 9.90. The molecule has 8 heteroatoms. The Kier molecular flexibility index (Phi) is 7.72. The van der Waals surface area contributed by atoms with E-state index >= 15 is 0 Å². The molecule has 190 valence electrons. The first kappa shape index (κ1) is 25.4. The van der Waals surface area contributed by atoms with Crippen molar-refractivity contribution in [2.45, 2.75) is 40.0 Å². The van der Waals surface area contributed by atoms with E-state index in [0.29, 0.717) is 11.4 Å². The predicted octanol–water partition coefficient (Wildman–Crippen LogP) is 5.30. The van der Waals surface area contributed by atoms with E-state index in [9.17, 15) is 14.3 Å². The maximum absolute atomic E-state index is 13.7. The van der Waals surface area contributed by atoms with E-state index in [0.717, 1.165) is 48.4 Å². The maximum atomic E-state index is 13.7. The largest absolute Gasteiger partial charge is 0.488 e. The van der Waals surface area contributed by atoms with Crippen LogP contribution in [0.2, 0.25) is 0 Å². The lowest BCUT2D eigenvalue weighted by atomic mass is 9.82. The Hall–Kier alpha value is -3.68. The van der Waals surface area contributed by atoms with E-state index < -0.39 is 11.8 Å². The Morgan fingerprint density at radius 2 is 1.78 bits per heavy atom. The van der Waals surface area contributed by atoms with Gasteiger partial charge < -0.3 is 19.5 Å². The van der Waals surface area contributed by atoms with Gasteiger partial charge in [-0.05, 0) is 49.4 Å². The Morgan fingerprint density at radius 1 is 1.06 bits per heavy atom. The van der Waals surface area contributed by atoms with Crippen molar-refractivity contribution in [3.63, 3.8) is 0 Å². The van der Waals surface area contributed by atoms with Crippen molar-refractivity contribution in [3.05, 3.63) is 65.9 Å². The van der Waals surface area contributed by atoms with Crippen molar-refractivity contribution in [2.75, 3.05) is 31.2 Å². The minimum absolute atomic E-state index is 0.0922. The van der Waals surface area contributed by atoms with Crippen LogP contribution in [0.3, 0.4) is 0 Å². The van der Waals surface area contributed by atoms with E-state index in [1.54, 1.807) is 30.6 Å². The lowest BCUT2D eigenvalue weighted by molar-refractivity contribution is -0.136. The van der Waals surface area contributed by atoms with Crippen LogP contribution >= 0.6 is 0 Å². The highest BCUT2D eigenvalue weighted by molar-refractivity contribution is 5.83. The minimum atomic E-state index is -0.884. The molecule has 36 heavy (non-hydrogen) atoms. The second-order valence-corrected chi connectivity index (χ2v) is 9.81. The van der Waals surface area contributed by atoms with Crippen LogP contribution in [-0.2, 0) is 11.2 Å². The van der Waals surface area contributed by atoms with Crippen molar-refractivity contribution in [2.24, 2.45) is 5.41 Å². The number of rotatable bonds is 9. The molecule has 1 saturated heterocycles. The highest BCUT2D eigenvalue weighted by atomic mass is 19.1. The molecule has 0 atom stereocenters. The molecule has 1 aliphatic heterocycles. The van der Waals surface area contributed by atoms with Gasteiger partial charge in [-0.1, -0.05) is 26.0 Å². The van der Waals surface area contributed by atoms with Gasteiger partial charge in [0.2, 0.25) is 0 Å². The maximum Gasteiger partial charge on any atom is 0.307 e. The fourth-order valence-electron chi connectivity index (χ4n) is 4.38. The van der Waals surface area contributed by atoms with Gasteiger partial charge in [0.15, 0.2) is 11.6 Å². The summed E-state index contributed by atoms with van der Waals surface area (Å²) in [6.45, 7) is 8.51. The van der Waals surface area contributed by atoms with Crippen LogP contribution in [0.15, 0.2) is 48.8 Å². The predicted molar refractivity (Wildman–Crippen MR) is 136 cm³/mol. The highest BCUT2D eigenvalue weighted by Crippen LogP contribution is 2.39. The van der Waals surface area contributed by atoms with Crippen molar-refractivity contribution in [1.29, 1.82) is 0 Å². The quantitative estimate of drug-likeness (QED) is 0.405. The number of carboxylic acid groups (broad SMARTS) is 1. The molecule has 0 aliphatic carbocycles. The van der Waals surface area contributed by atoms with Gasteiger partial charge in [-0.3, -0.25) is 14.8 Å². The second-order valence-electron chi connectivity index (χ2n) is 9.81. The molecule has 1 N–H and O–H groups in total. The van der Waals surface area contributed by atoms with E-state index in [-0.39, 0.29) is 30.8 Å². The standard InChI is InChI=1S/C28H32FN3O4/c1-19-21(16-26(33)34)27(32-12-10-28(2,3)11-13-32)22(18-30-19)24-9-8-20(17-31-24)35-14-15-36-25-7-5-4-6-23(25)29/h4-9,17-18H,10-16H2,1-3H3,(H,33,34). The molecule has 1 aliphatic rings. The molecule has 1 aromatic carbocycles. The first-order valence-corrected chi connectivity index (χ1v) is 12.2. The fraction of sp³-hybridized carbons (Fsp3) is 0.393. The average molecular weight is 494 g/mol. The summed E-state index contributed by atoms with van der Waals surface area (Å²) in [4.78, 5) is 23.1. The van der Waals surface area contributed by atoms with Gasteiger partial charge in [-0.2, -0.15) is 0 Å². The molecule has 0 bridgehead atoms. The van der Waals surface area contributed by atoms with Crippen molar-refractivity contribution < 1.29 is 23.8 Å². The molecule has 3 heterocycles. The third-order valence-corrected chi connectivity index (χ3v) is 6.58. The SMILES string of the molecule is Cc1ncc(-c2ccc(OCCOc3ccccc3F)cn2)c(N2CCC(C)(C)CC2)c1CC(=O)O. The molecule has 0 unspecified atom stereocenters. The number of para-hydroxylation sites is 1. The molecule has 0 amide bonds. The molecule has 7 nitrogen and oxygen atoms in total. The number of benzene rings is 1. The van der Waals surface area contributed by atoms with Crippen LogP contribution in [0.1, 0.15) is 37.9 Å². The molecule has 4 rings (SSSR count). The van der Waals surface area contributed by atoms with Crippen LogP contribution in [-0.4, -0.2) is 47.3 Å². The Morgan fingerprint density at radius 3 is 2.44 bits per heavy atom. The molecule has 3 aromatic rings. The number of ether oxygens (including phenoxy) is 2. The number of carboxylic acids is 1. The van der Waals surface area contributed by atoms with Gasteiger partial charge in [0.1, 0.15) is 19.0 Å². The summed E-state index contributed by atoms with van der Waals surface area (Å²) in [5.74, 6) is -0.550. The summed E-state index contributed by atoms with van der Waals surface area (Å²) < 4.78 is 24.8. The number of pyridine rings is 2. The zero-order valence-corrected chi connectivity index (χ0v) is 21.0. The van der Waals surface area contributed by atoms with Gasteiger partial charge in [0.25, 0.3) is 0 Å². The summed E-state index contributed by atoms with van der Waals surface area (Å²) in [7, 11) is 0. The van der Waals surface area contributed by atoms with E-state index in [1.165, 1.54) is 6.07 Å². The normalized spacial score (nSPS) is 14.9. The van der Waals surface area contributed by atoms with E-state index in [2.05, 4.69) is 28.7 Å². The smallest absolute Gasteiger partial charge is 0.307 e. The summed E-state index contributed by atoms with van der Waals surface area (Å²) in [6.07, 6.45) is 5.36. The molecule has 1 fully saturated rings. The fourth-order valence-corrected chi connectivity index (χ4v) is 4.38. The molecule has 0 spiro atoms. The molecule has 0 saturated carbocycles. The van der Waals surface area contributed by atoms with Crippen molar-refractivity contribution in [1.82, 2.24) is 9.97 Å². The first-order valence-electron chi connectivity index (χ1n) is 12.2. The number of aliphatic carboxylic acids is 1. The number of carbonyl (C=O) groups is 1. The van der Waals surface area contributed by atoms with Crippen LogP contribution in [0.4, 0.5) is 10.1 Å². The number of nitrogens with zero attached hydrogens (tertiary/aromatic N) is 3. The Labute approximate surface area is 210 Å². The number of piperidine rings is 1. The Bertz CT molecular complexity index is 1200. The van der Waals surface area contributed by atoms with E-state index in [1.807, 2.05) is 19.1 Å². The number of anilines is 1. The lowest BCUT2D eigenvalue weighted by Crippen LogP contribution is -2.38. The van der Waals surface area contributed by atoms with E-state index in [4.69, 9.17) is 9.47 Å². The number of aryl methyl sites for hydroxylation is 1. The van der Waals surface area contributed by atoms with Crippen LogP contribution < -0.4 is 14.4 Å². The third-order valence-electron chi connectivity index (χ3n) is 6.58. The van der Waals surface area contributed by atoms with Crippen LogP contribution in [0.25, 0.3) is 11.3 Å². The van der Waals surface area contributed by atoms with Crippen LogP contribution in [0.5, 0.6) is 11.5 Å². The van der Waals surface area contributed by atoms with Gasteiger partial charge in [0, 0.05) is 36.1 Å². The van der Waals surface area contributed by atoms with Gasteiger partial charge in [0.05, 0.1) is 24.0 Å². The summed E-state index contributed by atoms with van der Waals surface area (Å²) in [5, 5.41) is 9.58. The lowest BCUT2D eigenvalue weighted by Gasteiger charge is -2.40. The van der Waals surface area contributed by atoms with Crippen molar-refractivity contribution >= 4 is 11.7 Å². The number of aromatic nitrogens is 2. The van der Waals surface area contributed by atoms with Crippen LogP contribution in [0, 0.1) is 18.2 Å². The highest BCUT2D eigenvalue weighted by Gasteiger charge is 2.29. The zero-order valence-electron chi connectivity index (χ0n) is 21.0.